The first-order chi connectivity index (χ1) is 8.98. The van der Waals surface area contributed by atoms with Crippen molar-refractivity contribution < 1.29 is 8.42 Å². The van der Waals surface area contributed by atoms with Crippen LogP contribution in [0, 0.1) is 24.2 Å². The zero-order chi connectivity index (χ0) is 14.0. The molecule has 5 nitrogen and oxygen atoms in total. The molecule has 0 unspecified atom stereocenters. The van der Waals surface area contributed by atoms with Crippen LogP contribution in [0.4, 0.5) is 0 Å². The molecular formula is C13H17N3O2S. The number of nitrogens with two attached hydrogens (primary N) is 1. The lowest BCUT2D eigenvalue weighted by Crippen LogP contribution is -2.30. The third kappa shape index (κ3) is 2.63. The molecule has 0 aromatic heterocycles. The summed E-state index contributed by atoms with van der Waals surface area (Å²) in [6, 6.07) is 6.71. The van der Waals surface area contributed by atoms with Crippen LogP contribution in [-0.4, -0.2) is 32.4 Å². The Balaban J connectivity index is 2.38. The van der Waals surface area contributed by atoms with Gasteiger partial charge in [-0.15, -0.1) is 0 Å². The van der Waals surface area contributed by atoms with E-state index in [0.29, 0.717) is 30.8 Å². The summed E-state index contributed by atoms with van der Waals surface area (Å²) >= 11 is 0. The SMILES string of the molecule is Cc1ccc(C#N)cc1S(=O)(=O)N1CC[C@H](CN)C1. The fourth-order valence-corrected chi connectivity index (χ4v) is 4.08. The lowest BCUT2D eigenvalue weighted by molar-refractivity contribution is 0.458. The highest BCUT2D eigenvalue weighted by atomic mass is 32.2. The molecule has 1 aliphatic heterocycles. The van der Waals surface area contributed by atoms with Gasteiger partial charge in [0.1, 0.15) is 0 Å². The second-order valence-corrected chi connectivity index (χ2v) is 6.75. The van der Waals surface area contributed by atoms with Gasteiger partial charge in [-0.25, -0.2) is 8.42 Å². The number of hydrogen-bond acceptors (Lipinski definition) is 4. The molecule has 6 heteroatoms. The lowest BCUT2D eigenvalue weighted by Gasteiger charge is -2.18. The van der Waals surface area contributed by atoms with E-state index in [4.69, 9.17) is 11.0 Å². The first-order valence-corrected chi connectivity index (χ1v) is 7.64. The topological polar surface area (TPSA) is 87.2 Å². The van der Waals surface area contributed by atoms with E-state index in [0.717, 1.165) is 6.42 Å². The Morgan fingerprint density at radius 2 is 2.26 bits per heavy atom. The first-order valence-electron chi connectivity index (χ1n) is 6.20. The van der Waals surface area contributed by atoms with E-state index >= 15 is 0 Å². The molecule has 2 N–H and O–H groups in total. The van der Waals surface area contributed by atoms with Crippen molar-refractivity contribution in [3.05, 3.63) is 29.3 Å². The van der Waals surface area contributed by atoms with Crippen molar-refractivity contribution in [1.29, 1.82) is 5.26 Å². The van der Waals surface area contributed by atoms with Gasteiger partial charge in [-0.3, -0.25) is 0 Å². The highest BCUT2D eigenvalue weighted by Crippen LogP contribution is 2.26. The van der Waals surface area contributed by atoms with Gasteiger partial charge in [-0.05, 0) is 43.5 Å². The van der Waals surface area contributed by atoms with E-state index in [-0.39, 0.29) is 10.8 Å². The number of sulfonamides is 1. The molecule has 0 spiro atoms. The normalized spacial score (nSPS) is 20.4. The predicted octanol–water partition coefficient (Wildman–Crippen LogP) is 0.836. The van der Waals surface area contributed by atoms with Crippen LogP contribution in [0.25, 0.3) is 0 Å². The zero-order valence-electron chi connectivity index (χ0n) is 10.8. The summed E-state index contributed by atoms with van der Waals surface area (Å²) in [5.41, 5.74) is 6.61. The van der Waals surface area contributed by atoms with Gasteiger partial charge in [0.2, 0.25) is 10.0 Å². The van der Waals surface area contributed by atoms with Gasteiger partial charge in [-0.1, -0.05) is 6.07 Å². The molecule has 1 aromatic carbocycles. The standard InChI is InChI=1S/C13H17N3O2S/c1-10-2-3-11(7-14)6-13(10)19(17,18)16-5-4-12(8-15)9-16/h2-3,6,12H,4-5,8-9,15H2,1H3/t12-/m1/s1. The molecule has 19 heavy (non-hydrogen) atoms. The maximum atomic E-state index is 12.6. The number of benzene rings is 1. The summed E-state index contributed by atoms with van der Waals surface area (Å²) in [4.78, 5) is 0.226. The van der Waals surface area contributed by atoms with Gasteiger partial charge in [0.15, 0.2) is 0 Å². The summed E-state index contributed by atoms with van der Waals surface area (Å²) < 4.78 is 26.6. The second-order valence-electron chi connectivity index (χ2n) is 4.85. The van der Waals surface area contributed by atoms with Gasteiger partial charge >= 0.3 is 0 Å². The van der Waals surface area contributed by atoms with Crippen LogP contribution in [0.1, 0.15) is 17.5 Å². The molecule has 0 amide bonds. The molecule has 1 aromatic rings. The van der Waals surface area contributed by atoms with Crippen molar-refractivity contribution in [3.8, 4) is 6.07 Å². The molecule has 0 radical (unpaired) electrons. The molecule has 0 bridgehead atoms. The lowest BCUT2D eigenvalue weighted by atomic mass is 10.1. The van der Waals surface area contributed by atoms with E-state index < -0.39 is 10.0 Å². The minimum absolute atomic E-state index is 0.226. The molecule has 1 atom stereocenters. The van der Waals surface area contributed by atoms with Crippen LogP contribution in [0.2, 0.25) is 0 Å². The quantitative estimate of drug-likeness (QED) is 0.888. The van der Waals surface area contributed by atoms with Crippen molar-refractivity contribution in [2.75, 3.05) is 19.6 Å². The van der Waals surface area contributed by atoms with Crippen LogP contribution in [0.15, 0.2) is 23.1 Å². The van der Waals surface area contributed by atoms with Crippen LogP contribution >= 0.6 is 0 Å². The van der Waals surface area contributed by atoms with Crippen LogP contribution in [0.3, 0.4) is 0 Å². The van der Waals surface area contributed by atoms with Crippen LogP contribution < -0.4 is 5.73 Å². The summed E-state index contributed by atoms with van der Waals surface area (Å²) in [7, 11) is -3.52. The fraction of sp³-hybridized carbons (Fsp3) is 0.462. The van der Waals surface area contributed by atoms with Crippen molar-refractivity contribution in [2.45, 2.75) is 18.2 Å². The average molecular weight is 279 g/mol. The summed E-state index contributed by atoms with van der Waals surface area (Å²) in [6.45, 7) is 3.21. The highest BCUT2D eigenvalue weighted by molar-refractivity contribution is 7.89. The number of rotatable bonds is 3. The molecule has 1 heterocycles. The van der Waals surface area contributed by atoms with Gasteiger partial charge in [0, 0.05) is 13.1 Å². The Bertz CT molecular complexity index is 619. The third-order valence-electron chi connectivity index (χ3n) is 3.52. The van der Waals surface area contributed by atoms with Crippen molar-refractivity contribution in [2.24, 2.45) is 11.7 Å². The molecule has 0 aliphatic carbocycles. The van der Waals surface area contributed by atoms with Crippen molar-refractivity contribution >= 4 is 10.0 Å². The summed E-state index contributed by atoms with van der Waals surface area (Å²) in [6.07, 6.45) is 0.798. The van der Waals surface area contributed by atoms with Gasteiger partial charge in [-0.2, -0.15) is 9.57 Å². The predicted molar refractivity (Wildman–Crippen MR) is 71.8 cm³/mol. The van der Waals surface area contributed by atoms with Gasteiger partial charge in [0.05, 0.1) is 16.5 Å². The Morgan fingerprint density at radius 1 is 1.53 bits per heavy atom. The fourth-order valence-electron chi connectivity index (χ4n) is 2.29. The zero-order valence-corrected chi connectivity index (χ0v) is 11.7. The largest absolute Gasteiger partial charge is 0.330 e. The number of nitrogens with zero attached hydrogens (tertiary/aromatic N) is 2. The van der Waals surface area contributed by atoms with Gasteiger partial charge < -0.3 is 5.73 Å². The van der Waals surface area contributed by atoms with E-state index in [2.05, 4.69) is 0 Å². The molecule has 2 rings (SSSR count). The highest BCUT2D eigenvalue weighted by Gasteiger charge is 2.32. The van der Waals surface area contributed by atoms with E-state index in [1.165, 1.54) is 10.4 Å². The van der Waals surface area contributed by atoms with E-state index in [9.17, 15) is 8.42 Å². The minimum atomic E-state index is -3.52. The van der Waals surface area contributed by atoms with Crippen molar-refractivity contribution in [1.82, 2.24) is 4.31 Å². The van der Waals surface area contributed by atoms with Crippen LogP contribution in [-0.2, 0) is 10.0 Å². The molecule has 1 fully saturated rings. The van der Waals surface area contributed by atoms with E-state index in [1.54, 1.807) is 19.1 Å². The molecular weight excluding hydrogens is 262 g/mol. The Hall–Kier alpha value is -1.42. The third-order valence-corrected chi connectivity index (χ3v) is 5.52. The smallest absolute Gasteiger partial charge is 0.243 e. The Morgan fingerprint density at radius 3 is 2.84 bits per heavy atom. The molecule has 1 aliphatic rings. The summed E-state index contributed by atoms with van der Waals surface area (Å²) in [5, 5.41) is 8.89. The number of hydrogen-bond donors (Lipinski definition) is 1. The maximum Gasteiger partial charge on any atom is 0.243 e. The first kappa shape index (κ1) is 14.0. The minimum Gasteiger partial charge on any atom is -0.330 e. The molecule has 1 saturated heterocycles. The van der Waals surface area contributed by atoms with E-state index in [1.807, 2.05) is 6.07 Å². The van der Waals surface area contributed by atoms with Crippen molar-refractivity contribution in [3.63, 3.8) is 0 Å². The monoisotopic (exact) mass is 279 g/mol. The second kappa shape index (κ2) is 5.29. The van der Waals surface area contributed by atoms with Gasteiger partial charge in [0.25, 0.3) is 0 Å². The molecule has 102 valence electrons. The average Bonchev–Trinajstić information content (AvgIpc) is 2.88. The molecule has 0 saturated carbocycles. The summed E-state index contributed by atoms with van der Waals surface area (Å²) in [5.74, 6) is 0.231. The Labute approximate surface area is 113 Å². The van der Waals surface area contributed by atoms with Crippen LogP contribution in [0.5, 0.6) is 0 Å². The number of aryl methyl sites for hydroxylation is 1. The Kier molecular flexibility index (Phi) is 3.90. The maximum absolute atomic E-state index is 12.6. The number of nitriles is 1.